The summed E-state index contributed by atoms with van der Waals surface area (Å²) in [6, 6.07) is 0. The predicted octanol–water partition coefficient (Wildman–Crippen LogP) is 3.00. The fourth-order valence-corrected chi connectivity index (χ4v) is 1.18. The molecule has 0 N–H and O–H groups in total. The largest absolute Gasteiger partial charge is 0.258 e. The van der Waals surface area contributed by atoms with Crippen molar-refractivity contribution in [2.45, 2.75) is 51.9 Å². The van der Waals surface area contributed by atoms with Crippen LogP contribution in [-0.4, -0.2) is 13.4 Å². The number of alkyl halides is 1. The van der Waals surface area contributed by atoms with E-state index in [0.717, 1.165) is 19.3 Å². The molecule has 0 spiro atoms. The summed E-state index contributed by atoms with van der Waals surface area (Å²) in [5.41, 5.74) is 0. The van der Waals surface area contributed by atoms with Crippen LogP contribution in [0.2, 0.25) is 5.82 Å². The highest BCUT2D eigenvalue weighted by Gasteiger charge is 2.10. The van der Waals surface area contributed by atoms with E-state index in [0.29, 0.717) is 5.82 Å². The van der Waals surface area contributed by atoms with E-state index >= 15 is 0 Å². The maximum Gasteiger partial charge on any atom is 0.160 e. The van der Waals surface area contributed by atoms with E-state index < -0.39 is 6.07 Å². The molecule has 1 radical (unpaired) electrons. The first kappa shape index (κ1) is 9.99. The third-order valence-electron chi connectivity index (χ3n) is 1.72. The molecule has 0 nitrogen and oxygen atoms in total. The van der Waals surface area contributed by atoms with Crippen LogP contribution in [0.1, 0.15) is 40.0 Å². The van der Waals surface area contributed by atoms with Gasteiger partial charge in [0.1, 0.15) is 0 Å². The quantitative estimate of drug-likeness (QED) is 0.519. The van der Waals surface area contributed by atoms with Crippen molar-refractivity contribution in [3.63, 3.8) is 0 Å². The second-order valence-electron chi connectivity index (χ2n) is 2.83. The molecule has 0 saturated carbocycles. The zero-order chi connectivity index (χ0) is 7.98. The molecule has 0 aromatic rings. The van der Waals surface area contributed by atoms with Crippen LogP contribution in [0.15, 0.2) is 0 Å². The molecule has 0 aromatic heterocycles. The number of rotatable bonds is 5. The van der Waals surface area contributed by atoms with Crippen molar-refractivity contribution >= 4 is 7.28 Å². The van der Waals surface area contributed by atoms with Crippen LogP contribution in [0.5, 0.6) is 0 Å². The van der Waals surface area contributed by atoms with Crippen LogP contribution in [-0.2, 0) is 0 Å². The van der Waals surface area contributed by atoms with Gasteiger partial charge in [-0.15, -0.1) is 0 Å². The minimum absolute atomic E-state index is 0.491. The highest BCUT2D eigenvalue weighted by atomic mass is 19.1. The van der Waals surface area contributed by atoms with Gasteiger partial charge >= 0.3 is 0 Å². The van der Waals surface area contributed by atoms with Gasteiger partial charge < -0.3 is 0 Å². The zero-order valence-corrected chi connectivity index (χ0v) is 7.23. The normalized spacial score (nSPS) is 16.4. The van der Waals surface area contributed by atoms with Gasteiger partial charge in [-0.25, -0.2) is 0 Å². The van der Waals surface area contributed by atoms with Crippen molar-refractivity contribution in [1.82, 2.24) is 0 Å². The Bertz CT molecular complexity index is 73.7. The predicted molar refractivity (Wildman–Crippen MR) is 45.3 cm³/mol. The van der Waals surface area contributed by atoms with Gasteiger partial charge in [0.05, 0.1) is 6.07 Å². The first-order valence-corrected chi connectivity index (χ1v) is 4.19. The summed E-state index contributed by atoms with van der Waals surface area (Å²) in [5.74, 6) is 0.491. The Kier molecular flexibility index (Phi) is 5.75. The second kappa shape index (κ2) is 5.76. The molecule has 0 saturated heterocycles. The summed E-state index contributed by atoms with van der Waals surface area (Å²) >= 11 is 0. The van der Waals surface area contributed by atoms with E-state index in [4.69, 9.17) is 0 Å². The lowest BCUT2D eigenvalue weighted by Gasteiger charge is -2.11. The van der Waals surface area contributed by atoms with Crippen LogP contribution < -0.4 is 0 Å². The van der Waals surface area contributed by atoms with Gasteiger partial charge in [0.2, 0.25) is 0 Å². The van der Waals surface area contributed by atoms with E-state index in [-0.39, 0.29) is 0 Å². The first-order chi connectivity index (χ1) is 4.70. The fourth-order valence-electron chi connectivity index (χ4n) is 1.18. The first-order valence-electron chi connectivity index (χ1n) is 4.19. The Morgan fingerprint density at radius 3 is 2.30 bits per heavy atom. The van der Waals surface area contributed by atoms with Gasteiger partial charge in [0.15, 0.2) is 7.28 Å². The molecule has 2 unspecified atom stereocenters. The van der Waals surface area contributed by atoms with E-state index in [1.54, 1.807) is 6.92 Å². The second-order valence-corrected chi connectivity index (χ2v) is 2.83. The monoisotopic (exact) mass is 143 g/mol. The fraction of sp³-hybridized carbons (Fsp3) is 1.00. The molecule has 0 amide bonds. The topological polar surface area (TPSA) is 0 Å². The van der Waals surface area contributed by atoms with Crippen LogP contribution in [0, 0.1) is 0 Å². The molecule has 2 atom stereocenters. The lowest BCUT2D eigenvalue weighted by Crippen LogP contribution is -2.12. The van der Waals surface area contributed by atoms with Crippen molar-refractivity contribution in [3.8, 4) is 0 Å². The SMILES string of the molecule is CCCC([B]C(C)F)CC. The highest BCUT2D eigenvalue weighted by Crippen LogP contribution is 2.17. The van der Waals surface area contributed by atoms with Crippen molar-refractivity contribution in [2.75, 3.05) is 0 Å². The van der Waals surface area contributed by atoms with E-state index in [1.807, 2.05) is 7.28 Å². The zero-order valence-electron chi connectivity index (χ0n) is 7.23. The summed E-state index contributed by atoms with van der Waals surface area (Å²) in [6.07, 6.45) is 2.62. The molecule has 0 heterocycles. The van der Waals surface area contributed by atoms with Crippen LogP contribution in [0.3, 0.4) is 0 Å². The van der Waals surface area contributed by atoms with Crippen molar-refractivity contribution in [3.05, 3.63) is 0 Å². The summed E-state index contributed by atoms with van der Waals surface area (Å²) in [4.78, 5) is 0. The molecular formula is C8H17BF. The summed E-state index contributed by atoms with van der Waals surface area (Å²) in [6.45, 7) is 5.84. The van der Waals surface area contributed by atoms with E-state index in [9.17, 15) is 4.39 Å². The minimum atomic E-state index is -0.739. The Labute approximate surface area is 64.4 Å². The third-order valence-corrected chi connectivity index (χ3v) is 1.72. The summed E-state index contributed by atoms with van der Waals surface area (Å²) in [7, 11) is 1.81. The molecule has 0 aromatic carbocycles. The maximum atomic E-state index is 12.4. The maximum absolute atomic E-state index is 12.4. The van der Waals surface area contributed by atoms with Crippen LogP contribution in [0.4, 0.5) is 4.39 Å². The molecular weight excluding hydrogens is 126 g/mol. The lowest BCUT2D eigenvalue weighted by molar-refractivity contribution is 0.460. The van der Waals surface area contributed by atoms with Crippen molar-refractivity contribution in [1.29, 1.82) is 0 Å². The third kappa shape index (κ3) is 4.83. The Hall–Kier alpha value is -0.00506. The number of halogens is 1. The Balaban J connectivity index is 3.39. The van der Waals surface area contributed by atoms with Gasteiger partial charge in [-0.1, -0.05) is 38.9 Å². The Morgan fingerprint density at radius 1 is 1.40 bits per heavy atom. The minimum Gasteiger partial charge on any atom is -0.258 e. The number of hydrogen-bond donors (Lipinski definition) is 0. The van der Waals surface area contributed by atoms with Crippen molar-refractivity contribution in [2.24, 2.45) is 0 Å². The number of hydrogen-bond acceptors (Lipinski definition) is 0. The standard InChI is InChI=1S/C8H17BF/c1-4-6-8(5-2)9-7(3)10/h7-8H,4-6H2,1-3H3. The lowest BCUT2D eigenvalue weighted by atomic mass is 9.58. The van der Waals surface area contributed by atoms with Gasteiger partial charge in [0.25, 0.3) is 0 Å². The van der Waals surface area contributed by atoms with Crippen LogP contribution in [0.25, 0.3) is 0 Å². The highest BCUT2D eigenvalue weighted by molar-refractivity contribution is 6.39. The molecule has 0 aliphatic carbocycles. The molecule has 0 fully saturated rings. The van der Waals surface area contributed by atoms with Gasteiger partial charge in [-0.2, -0.15) is 0 Å². The van der Waals surface area contributed by atoms with Gasteiger partial charge in [0, 0.05) is 0 Å². The van der Waals surface area contributed by atoms with E-state index in [1.165, 1.54) is 0 Å². The molecule has 0 aliphatic heterocycles. The molecule has 2 heteroatoms. The van der Waals surface area contributed by atoms with Gasteiger partial charge in [-0.05, 0) is 6.92 Å². The summed E-state index contributed by atoms with van der Waals surface area (Å²) < 4.78 is 12.4. The van der Waals surface area contributed by atoms with Gasteiger partial charge in [-0.3, -0.25) is 4.39 Å². The molecule has 59 valence electrons. The average Bonchev–Trinajstić information content (AvgIpc) is 1.86. The average molecular weight is 143 g/mol. The Morgan fingerprint density at radius 2 is 2.00 bits per heavy atom. The summed E-state index contributed by atoms with van der Waals surface area (Å²) in [5, 5.41) is 0. The van der Waals surface area contributed by atoms with Crippen molar-refractivity contribution < 1.29 is 4.39 Å². The smallest absolute Gasteiger partial charge is 0.160 e. The van der Waals surface area contributed by atoms with Crippen LogP contribution >= 0.6 is 0 Å². The van der Waals surface area contributed by atoms with E-state index in [2.05, 4.69) is 13.8 Å². The molecule has 0 rings (SSSR count). The molecule has 0 aliphatic rings. The molecule has 10 heavy (non-hydrogen) atoms. The molecule has 0 bridgehead atoms.